The number of nitrogens with zero attached hydrogens (tertiary/aromatic N) is 1. The quantitative estimate of drug-likeness (QED) is 0.766. The smallest absolute Gasteiger partial charge is 0.124 e. The molecule has 2 fully saturated rings. The van der Waals surface area contributed by atoms with E-state index in [-0.39, 0.29) is 11.6 Å². The normalized spacial score (nSPS) is 27.5. The van der Waals surface area contributed by atoms with Crippen LogP contribution in [0.15, 0.2) is 65.7 Å². The summed E-state index contributed by atoms with van der Waals surface area (Å²) in [6.07, 6.45) is 5.82. The second-order valence-corrected chi connectivity index (χ2v) is 8.53. The molecule has 0 saturated heterocycles. The fourth-order valence-electron chi connectivity index (χ4n) is 4.50. The second-order valence-electron chi connectivity index (χ2n) is 8.53. The minimum Gasteiger partial charge on any atom is -0.370 e. The van der Waals surface area contributed by atoms with Gasteiger partial charge in [-0.3, -0.25) is 4.99 Å². The number of rotatable bonds is 7. The van der Waals surface area contributed by atoms with Crippen LogP contribution in [-0.2, 0) is 10.3 Å². The average molecular weight is 361 g/mol. The minimum absolute atomic E-state index is 0.0556. The van der Waals surface area contributed by atoms with Gasteiger partial charge in [0.1, 0.15) is 18.5 Å². The van der Waals surface area contributed by atoms with Crippen molar-refractivity contribution in [1.82, 2.24) is 5.32 Å². The van der Waals surface area contributed by atoms with Crippen molar-refractivity contribution in [3.05, 3.63) is 71.8 Å². The van der Waals surface area contributed by atoms with Crippen molar-refractivity contribution in [3.8, 4) is 0 Å². The largest absolute Gasteiger partial charge is 0.370 e. The summed E-state index contributed by atoms with van der Waals surface area (Å²) < 4.78 is 6.39. The fraction of sp³-hybridized carbons (Fsp3) is 0.458. The van der Waals surface area contributed by atoms with Gasteiger partial charge in [0, 0.05) is 0 Å². The van der Waals surface area contributed by atoms with Crippen molar-refractivity contribution in [2.45, 2.75) is 50.3 Å². The zero-order chi connectivity index (χ0) is 18.3. The lowest BCUT2D eigenvalue weighted by atomic mass is 9.82. The second kappa shape index (κ2) is 6.79. The van der Waals surface area contributed by atoms with Crippen LogP contribution in [0.2, 0.25) is 0 Å². The highest BCUT2D eigenvalue weighted by Gasteiger charge is 2.45. The van der Waals surface area contributed by atoms with Gasteiger partial charge in [0.2, 0.25) is 0 Å². The van der Waals surface area contributed by atoms with Crippen molar-refractivity contribution >= 4 is 5.84 Å². The molecular formula is C24H28N2O. The van der Waals surface area contributed by atoms with Gasteiger partial charge in [-0.05, 0) is 55.6 Å². The number of hydrogen-bond donors (Lipinski definition) is 1. The number of hydrogen-bond acceptors (Lipinski definition) is 3. The molecule has 2 atom stereocenters. The molecule has 0 unspecified atom stereocenters. The highest BCUT2D eigenvalue weighted by atomic mass is 16.5. The molecule has 0 amide bonds. The molecule has 0 aromatic heterocycles. The van der Waals surface area contributed by atoms with Gasteiger partial charge in [-0.2, -0.15) is 0 Å². The molecule has 2 aliphatic carbocycles. The van der Waals surface area contributed by atoms with E-state index in [1.165, 1.54) is 36.8 Å². The van der Waals surface area contributed by atoms with Gasteiger partial charge < -0.3 is 10.1 Å². The Kier molecular flexibility index (Phi) is 4.28. The third-order valence-electron chi connectivity index (χ3n) is 6.31. The maximum absolute atomic E-state index is 6.39. The molecule has 2 aromatic rings. The van der Waals surface area contributed by atoms with E-state index in [0.717, 1.165) is 17.7 Å². The lowest BCUT2D eigenvalue weighted by molar-refractivity contribution is 0.0467. The molecule has 5 rings (SSSR count). The Balaban J connectivity index is 1.39. The molecule has 0 spiro atoms. The van der Waals surface area contributed by atoms with Gasteiger partial charge >= 0.3 is 0 Å². The molecule has 3 nitrogen and oxygen atoms in total. The van der Waals surface area contributed by atoms with E-state index >= 15 is 0 Å². The highest BCUT2D eigenvalue weighted by Crippen LogP contribution is 2.46. The first-order chi connectivity index (χ1) is 13.2. The molecule has 2 saturated carbocycles. The van der Waals surface area contributed by atoms with Gasteiger partial charge in [-0.15, -0.1) is 0 Å². The molecule has 2 aromatic carbocycles. The molecule has 27 heavy (non-hydrogen) atoms. The summed E-state index contributed by atoms with van der Waals surface area (Å²) in [7, 11) is 0. The number of aliphatic imine (C=N–C) groups is 1. The highest BCUT2D eigenvalue weighted by molar-refractivity contribution is 5.87. The van der Waals surface area contributed by atoms with Gasteiger partial charge in [0.25, 0.3) is 0 Å². The van der Waals surface area contributed by atoms with Crippen LogP contribution >= 0.6 is 0 Å². The van der Waals surface area contributed by atoms with Crippen LogP contribution in [0, 0.1) is 11.8 Å². The first-order valence-electron chi connectivity index (χ1n) is 10.3. The Morgan fingerprint density at radius 3 is 2.15 bits per heavy atom. The van der Waals surface area contributed by atoms with E-state index in [1.54, 1.807) is 0 Å². The SMILES string of the molecule is C[C@@]1(c2ccccc2)NC(COC(C2CC2)C2CC2)=N[C@@H]1c1ccccc1. The predicted octanol–water partition coefficient (Wildman–Crippen LogP) is 4.85. The molecule has 1 aliphatic heterocycles. The van der Waals surface area contributed by atoms with Crippen molar-refractivity contribution in [1.29, 1.82) is 0 Å². The maximum Gasteiger partial charge on any atom is 0.124 e. The first-order valence-corrected chi connectivity index (χ1v) is 10.3. The third-order valence-corrected chi connectivity index (χ3v) is 6.31. The predicted molar refractivity (Wildman–Crippen MR) is 109 cm³/mol. The van der Waals surface area contributed by atoms with E-state index in [2.05, 4.69) is 72.9 Å². The Morgan fingerprint density at radius 2 is 1.56 bits per heavy atom. The van der Waals surface area contributed by atoms with Gasteiger partial charge in [0.15, 0.2) is 0 Å². The van der Waals surface area contributed by atoms with Gasteiger partial charge in [-0.25, -0.2) is 0 Å². The summed E-state index contributed by atoms with van der Waals surface area (Å²) >= 11 is 0. The Morgan fingerprint density at radius 1 is 0.963 bits per heavy atom. The average Bonchev–Trinajstić information content (AvgIpc) is 3.63. The molecule has 1 N–H and O–H groups in total. The fourth-order valence-corrected chi connectivity index (χ4v) is 4.50. The summed E-state index contributed by atoms with van der Waals surface area (Å²) in [6, 6.07) is 21.3. The van der Waals surface area contributed by atoms with Crippen molar-refractivity contribution < 1.29 is 4.74 Å². The van der Waals surface area contributed by atoms with Crippen LogP contribution in [0.25, 0.3) is 0 Å². The Bertz CT molecular complexity index is 799. The monoisotopic (exact) mass is 360 g/mol. The number of nitrogens with one attached hydrogen (secondary N) is 1. The van der Waals surface area contributed by atoms with Crippen LogP contribution in [0.5, 0.6) is 0 Å². The molecule has 0 radical (unpaired) electrons. The van der Waals surface area contributed by atoms with Crippen LogP contribution in [-0.4, -0.2) is 18.5 Å². The summed E-state index contributed by atoms with van der Waals surface area (Å²) in [6.45, 7) is 2.86. The number of benzene rings is 2. The molecule has 140 valence electrons. The molecule has 1 heterocycles. The molecule has 3 aliphatic rings. The molecule has 3 heteroatoms. The van der Waals surface area contributed by atoms with E-state index in [1.807, 2.05) is 0 Å². The minimum atomic E-state index is -0.254. The molecular weight excluding hydrogens is 332 g/mol. The summed E-state index contributed by atoms with van der Waals surface area (Å²) in [4.78, 5) is 5.10. The van der Waals surface area contributed by atoms with Crippen molar-refractivity contribution in [3.63, 3.8) is 0 Å². The zero-order valence-corrected chi connectivity index (χ0v) is 16.0. The lowest BCUT2D eigenvalue weighted by Gasteiger charge is -2.32. The van der Waals surface area contributed by atoms with Crippen LogP contribution in [0.1, 0.15) is 49.8 Å². The van der Waals surface area contributed by atoms with Crippen LogP contribution in [0.3, 0.4) is 0 Å². The van der Waals surface area contributed by atoms with Gasteiger partial charge in [-0.1, -0.05) is 60.7 Å². The van der Waals surface area contributed by atoms with Gasteiger partial charge in [0.05, 0.1) is 11.6 Å². The summed E-state index contributed by atoms with van der Waals surface area (Å²) in [5, 5.41) is 3.73. The van der Waals surface area contributed by atoms with E-state index < -0.39 is 0 Å². The Labute approximate surface area is 161 Å². The maximum atomic E-state index is 6.39. The van der Waals surface area contributed by atoms with Crippen molar-refractivity contribution in [2.75, 3.05) is 6.61 Å². The van der Waals surface area contributed by atoms with Crippen LogP contribution in [0.4, 0.5) is 0 Å². The van der Waals surface area contributed by atoms with Crippen LogP contribution < -0.4 is 5.32 Å². The Hall–Kier alpha value is -2.13. The topological polar surface area (TPSA) is 33.6 Å². The zero-order valence-electron chi connectivity index (χ0n) is 16.0. The van der Waals surface area contributed by atoms with E-state index in [9.17, 15) is 0 Å². The van der Waals surface area contributed by atoms with E-state index in [0.29, 0.717) is 12.7 Å². The molecule has 0 bridgehead atoms. The number of amidine groups is 1. The van der Waals surface area contributed by atoms with Crippen molar-refractivity contribution in [2.24, 2.45) is 16.8 Å². The number of ether oxygens (including phenoxy) is 1. The lowest BCUT2D eigenvalue weighted by Crippen LogP contribution is -2.43. The first kappa shape index (κ1) is 17.0. The van der Waals surface area contributed by atoms with E-state index in [4.69, 9.17) is 9.73 Å². The summed E-state index contributed by atoms with van der Waals surface area (Å²) in [5.74, 6) is 2.58. The third kappa shape index (κ3) is 3.41. The summed E-state index contributed by atoms with van der Waals surface area (Å²) in [5.41, 5.74) is 2.25. The standard InChI is InChI=1S/C24H28N2O/c1-24(20-10-6-3-7-11-20)23(19-8-4-2-5-9-19)25-21(26-24)16-27-22(17-12-13-17)18-14-15-18/h2-11,17-18,22-23H,12-16H2,1H3,(H,25,26)/t23-,24+/m1/s1.